The zero-order valence-electron chi connectivity index (χ0n) is 28.6. The summed E-state index contributed by atoms with van der Waals surface area (Å²) < 4.78 is 41.8. The quantitative estimate of drug-likeness (QED) is 0.384. The molecule has 4 aliphatic heterocycles. The Bertz CT molecular complexity index is 1980. The maximum absolute atomic E-state index is 15.1. The average molecular weight is 687 g/mol. The van der Waals surface area contributed by atoms with Crippen molar-refractivity contribution >= 4 is 32.7 Å². The van der Waals surface area contributed by atoms with E-state index in [1.807, 2.05) is 18.2 Å². The van der Waals surface area contributed by atoms with Crippen molar-refractivity contribution in [2.75, 3.05) is 46.5 Å². The minimum atomic E-state index is -3.81. The fourth-order valence-electron chi connectivity index (χ4n) is 10.3. The Kier molecular flexibility index (Phi) is 6.95. The van der Waals surface area contributed by atoms with Crippen LogP contribution in [0.4, 0.5) is 0 Å². The number of hydrogen-bond donors (Lipinski definition) is 2. The number of rotatable bonds is 6. The van der Waals surface area contributed by atoms with Gasteiger partial charge in [0.2, 0.25) is 15.9 Å². The van der Waals surface area contributed by atoms with Gasteiger partial charge in [-0.05, 0) is 80.5 Å². The van der Waals surface area contributed by atoms with Crippen LogP contribution in [0.5, 0.6) is 5.75 Å². The molecule has 260 valence electrons. The van der Waals surface area contributed by atoms with Gasteiger partial charge in [-0.2, -0.15) is 0 Å². The molecule has 3 saturated heterocycles. The topological polar surface area (TPSA) is 119 Å². The number of likely N-dealkylation sites (tertiary alicyclic amines) is 1. The van der Waals surface area contributed by atoms with E-state index in [9.17, 15) is 13.2 Å². The molecule has 1 aromatic heterocycles. The minimum absolute atomic E-state index is 0.0341. The number of benzene rings is 2. The Hall–Kier alpha value is -3.41. The molecule has 2 saturated carbocycles. The molecule has 2 aliphatic carbocycles. The predicted octanol–water partition coefficient (Wildman–Crippen LogP) is 4.77. The van der Waals surface area contributed by atoms with E-state index in [2.05, 4.69) is 31.6 Å². The number of fused-ring (bicyclic) bond motifs is 7. The van der Waals surface area contributed by atoms with Crippen molar-refractivity contribution in [3.8, 4) is 17.0 Å². The second-order valence-electron chi connectivity index (χ2n) is 16.1. The van der Waals surface area contributed by atoms with Crippen molar-refractivity contribution in [3.63, 3.8) is 0 Å². The van der Waals surface area contributed by atoms with Crippen LogP contribution in [0, 0.1) is 16.2 Å². The lowest BCUT2D eigenvalue weighted by atomic mass is 9.71. The predicted molar refractivity (Wildman–Crippen MR) is 186 cm³/mol. The Morgan fingerprint density at radius 2 is 1.73 bits per heavy atom. The number of nitrogens with one attached hydrogen (secondary N) is 2. The van der Waals surface area contributed by atoms with E-state index in [1.54, 1.807) is 27.0 Å². The maximum Gasteiger partial charge on any atom is 0.264 e. The van der Waals surface area contributed by atoms with Gasteiger partial charge in [0.15, 0.2) is 0 Å². The van der Waals surface area contributed by atoms with Gasteiger partial charge in [-0.3, -0.25) is 9.59 Å². The van der Waals surface area contributed by atoms with Gasteiger partial charge in [0, 0.05) is 71.5 Å². The van der Waals surface area contributed by atoms with Crippen LogP contribution in [-0.2, 0) is 26.1 Å². The number of aromatic nitrogens is 1. The number of amides is 2. The van der Waals surface area contributed by atoms with Gasteiger partial charge in [-0.15, -0.1) is 0 Å². The first-order valence-electron chi connectivity index (χ1n) is 18.0. The van der Waals surface area contributed by atoms with Crippen molar-refractivity contribution < 1.29 is 27.5 Å². The third-order valence-corrected chi connectivity index (χ3v) is 14.9. The molecule has 2 amide bonds. The molecule has 0 radical (unpaired) electrons. The Morgan fingerprint density at radius 3 is 2.43 bits per heavy atom. The van der Waals surface area contributed by atoms with Crippen LogP contribution in [0.15, 0.2) is 36.4 Å². The van der Waals surface area contributed by atoms with Crippen LogP contribution in [-0.4, -0.2) is 81.5 Å². The summed E-state index contributed by atoms with van der Waals surface area (Å²) in [6, 6.07) is 11.9. The Labute approximate surface area is 287 Å². The fraction of sp³-hybridized carbons (Fsp3) is 0.579. The molecule has 2 aromatic carbocycles. The first-order valence-corrected chi connectivity index (χ1v) is 19.5. The SMILES string of the molecule is COc1ccc2c(c1)C1CC1(C(=O)N1CC34CNCC3(COC4)C1)Cn1c-2c(C2CCCCC2)c2ccc(C(=O)NS(=O)(=O)C(C)C)cc21. The van der Waals surface area contributed by atoms with E-state index in [-0.39, 0.29) is 22.7 Å². The molecular weight excluding hydrogens is 641 g/mol. The molecule has 9 rings (SSSR count). The summed E-state index contributed by atoms with van der Waals surface area (Å²) >= 11 is 0. The van der Waals surface area contributed by atoms with Crippen LogP contribution >= 0.6 is 0 Å². The summed E-state index contributed by atoms with van der Waals surface area (Å²) in [7, 11) is -2.12. The van der Waals surface area contributed by atoms with Crippen molar-refractivity contribution in [1.29, 1.82) is 0 Å². The third-order valence-electron chi connectivity index (χ3n) is 13.1. The van der Waals surface area contributed by atoms with Gasteiger partial charge in [0.25, 0.3) is 5.91 Å². The Balaban J connectivity index is 1.21. The fourth-order valence-corrected chi connectivity index (χ4v) is 10.9. The normalized spacial score (nSPS) is 30.4. The van der Waals surface area contributed by atoms with E-state index in [0.717, 1.165) is 65.8 Å². The smallest absolute Gasteiger partial charge is 0.264 e. The van der Waals surface area contributed by atoms with Crippen LogP contribution in [0.25, 0.3) is 22.2 Å². The monoisotopic (exact) mass is 686 g/mol. The summed E-state index contributed by atoms with van der Waals surface area (Å²) in [4.78, 5) is 30.7. The van der Waals surface area contributed by atoms with Crippen molar-refractivity contribution in [2.24, 2.45) is 16.2 Å². The highest BCUT2D eigenvalue weighted by atomic mass is 32.2. The lowest BCUT2D eigenvalue weighted by molar-refractivity contribution is -0.137. The number of hydrogen-bond acceptors (Lipinski definition) is 7. The first kappa shape index (κ1) is 31.6. The second-order valence-corrected chi connectivity index (χ2v) is 18.4. The summed E-state index contributed by atoms with van der Waals surface area (Å²) in [6.45, 7) is 8.17. The van der Waals surface area contributed by atoms with Gasteiger partial charge in [-0.1, -0.05) is 25.3 Å². The van der Waals surface area contributed by atoms with Crippen LogP contribution in [0.1, 0.15) is 85.7 Å². The van der Waals surface area contributed by atoms with E-state index in [0.29, 0.717) is 44.3 Å². The molecule has 2 N–H and O–H groups in total. The molecule has 0 spiro atoms. The van der Waals surface area contributed by atoms with E-state index in [4.69, 9.17) is 9.47 Å². The summed E-state index contributed by atoms with van der Waals surface area (Å²) in [5.74, 6) is 0.766. The third kappa shape index (κ3) is 4.47. The minimum Gasteiger partial charge on any atom is -0.497 e. The molecule has 5 heterocycles. The molecule has 5 fully saturated rings. The van der Waals surface area contributed by atoms with Gasteiger partial charge in [0.1, 0.15) is 5.75 Å². The molecule has 49 heavy (non-hydrogen) atoms. The van der Waals surface area contributed by atoms with Crippen molar-refractivity contribution in [2.45, 2.75) is 76.0 Å². The second kappa shape index (κ2) is 10.8. The summed E-state index contributed by atoms with van der Waals surface area (Å²) in [5, 5.41) is 3.94. The van der Waals surface area contributed by atoms with Crippen LogP contribution in [0.2, 0.25) is 0 Å². The number of carbonyl (C=O) groups excluding carboxylic acids is 2. The largest absolute Gasteiger partial charge is 0.497 e. The zero-order valence-corrected chi connectivity index (χ0v) is 29.5. The highest BCUT2D eigenvalue weighted by molar-refractivity contribution is 7.90. The van der Waals surface area contributed by atoms with Crippen molar-refractivity contribution in [1.82, 2.24) is 19.5 Å². The first-order chi connectivity index (χ1) is 23.5. The van der Waals surface area contributed by atoms with Crippen molar-refractivity contribution in [3.05, 3.63) is 53.1 Å². The molecule has 0 bridgehead atoms. The zero-order chi connectivity index (χ0) is 33.9. The summed E-state index contributed by atoms with van der Waals surface area (Å²) in [5.41, 5.74) is 5.20. The maximum atomic E-state index is 15.1. The summed E-state index contributed by atoms with van der Waals surface area (Å²) in [6.07, 6.45) is 6.50. The number of nitrogens with zero attached hydrogens (tertiary/aromatic N) is 2. The lowest BCUT2D eigenvalue weighted by Gasteiger charge is -2.28. The number of methoxy groups -OCH3 is 1. The highest BCUT2D eigenvalue weighted by Gasteiger charge is 2.69. The molecule has 11 heteroatoms. The standard InChI is InChI=1S/C38H46N4O6S/c1-23(2)49(45,46)40-34(43)25-9-11-28-31(13-25)42-20-38(35(44)41-18-36-16-39-17-37(36,19-41)22-48-21-36)15-30(38)29-14-26(47-3)10-12-27(29)33(42)32(28)24-7-5-4-6-8-24/h9-14,23-24,30,39H,4-8,15-22H2,1-3H3,(H,40,43). The molecule has 4 unspecified atom stereocenters. The van der Waals surface area contributed by atoms with E-state index >= 15 is 4.79 Å². The highest BCUT2D eigenvalue weighted by Crippen LogP contribution is 2.67. The van der Waals surface area contributed by atoms with Gasteiger partial charge >= 0.3 is 0 Å². The van der Waals surface area contributed by atoms with Gasteiger partial charge < -0.3 is 24.3 Å². The number of carbonyl (C=O) groups is 2. The van der Waals surface area contributed by atoms with Gasteiger partial charge in [0.05, 0.1) is 36.7 Å². The van der Waals surface area contributed by atoms with Crippen LogP contribution in [0.3, 0.4) is 0 Å². The molecule has 6 aliphatic rings. The number of sulfonamides is 1. The molecular formula is C38H46N4O6S. The Morgan fingerprint density at radius 1 is 1.00 bits per heavy atom. The molecule has 4 atom stereocenters. The van der Waals surface area contributed by atoms with Gasteiger partial charge in [-0.25, -0.2) is 13.1 Å². The molecule has 10 nitrogen and oxygen atoms in total. The van der Waals surface area contributed by atoms with Crippen LogP contribution < -0.4 is 14.8 Å². The lowest BCUT2D eigenvalue weighted by Crippen LogP contribution is -2.42. The average Bonchev–Trinajstić information content (AvgIpc) is 3.25. The van der Waals surface area contributed by atoms with E-state index < -0.39 is 26.6 Å². The molecule has 3 aromatic rings. The van der Waals surface area contributed by atoms with E-state index in [1.165, 1.54) is 24.8 Å². The number of ether oxygens (including phenoxy) is 2.